The number of halogens is 2. The fourth-order valence-electron chi connectivity index (χ4n) is 1.01. The van der Waals surface area contributed by atoms with Crippen molar-refractivity contribution < 1.29 is 9.90 Å². The Kier molecular flexibility index (Phi) is 3.58. The number of aliphatic carboxylic acids is 1. The third kappa shape index (κ3) is 3.25. The second kappa shape index (κ2) is 4.49. The second-order valence-electron chi connectivity index (χ2n) is 2.62. The molecule has 1 N–H and O–H groups in total. The standard InChI is InChI=1S/C9H8Cl2O2/c10-9(11)7-3-1-2-6(4-7)5-8(12)13/h1-4,9H,5H2,(H,12,13). The van der Waals surface area contributed by atoms with Crippen LogP contribution in [0.25, 0.3) is 0 Å². The van der Waals surface area contributed by atoms with Crippen LogP contribution in [0.5, 0.6) is 0 Å². The fourth-order valence-corrected chi connectivity index (χ4v) is 1.28. The molecule has 1 aromatic carbocycles. The molecule has 4 heteroatoms. The second-order valence-corrected chi connectivity index (χ2v) is 3.71. The molecule has 0 fully saturated rings. The van der Waals surface area contributed by atoms with Gasteiger partial charge in [0.25, 0.3) is 0 Å². The van der Waals surface area contributed by atoms with Gasteiger partial charge in [0.2, 0.25) is 0 Å². The first kappa shape index (κ1) is 10.4. The van der Waals surface area contributed by atoms with Gasteiger partial charge in [-0.3, -0.25) is 4.79 Å². The molecular weight excluding hydrogens is 211 g/mol. The minimum Gasteiger partial charge on any atom is -0.481 e. The Hall–Kier alpha value is -0.730. The first-order chi connectivity index (χ1) is 6.09. The molecule has 1 aromatic rings. The normalized spacial score (nSPS) is 10.4. The van der Waals surface area contributed by atoms with Crippen molar-refractivity contribution in [3.05, 3.63) is 35.4 Å². The minimum absolute atomic E-state index is 0.00562. The van der Waals surface area contributed by atoms with Gasteiger partial charge in [-0.1, -0.05) is 24.3 Å². The molecule has 0 saturated heterocycles. The van der Waals surface area contributed by atoms with E-state index in [1.54, 1.807) is 24.3 Å². The van der Waals surface area contributed by atoms with Crippen LogP contribution < -0.4 is 0 Å². The highest BCUT2D eigenvalue weighted by molar-refractivity contribution is 6.44. The maximum atomic E-state index is 10.4. The van der Waals surface area contributed by atoms with Crippen molar-refractivity contribution in [3.63, 3.8) is 0 Å². The van der Waals surface area contributed by atoms with Crippen molar-refractivity contribution in [1.29, 1.82) is 0 Å². The van der Waals surface area contributed by atoms with E-state index in [0.29, 0.717) is 5.56 Å². The Morgan fingerprint density at radius 1 is 1.46 bits per heavy atom. The van der Waals surface area contributed by atoms with Crippen molar-refractivity contribution in [3.8, 4) is 0 Å². The maximum absolute atomic E-state index is 10.4. The first-order valence-corrected chi connectivity index (χ1v) is 4.55. The van der Waals surface area contributed by atoms with Gasteiger partial charge in [0.05, 0.1) is 6.42 Å². The molecule has 0 saturated carbocycles. The van der Waals surface area contributed by atoms with Gasteiger partial charge in [0, 0.05) is 0 Å². The number of alkyl halides is 2. The highest BCUT2D eigenvalue weighted by Crippen LogP contribution is 2.24. The van der Waals surface area contributed by atoms with Crippen LogP contribution in [0, 0.1) is 0 Å². The average molecular weight is 219 g/mol. The van der Waals surface area contributed by atoms with Crippen LogP contribution in [-0.2, 0) is 11.2 Å². The summed E-state index contributed by atoms with van der Waals surface area (Å²) >= 11 is 11.3. The molecular formula is C9H8Cl2O2. The first-order valence-electron chi connectivity index (χ1n) is 3.68. The van der Waals surface area contributed by atoms with E-state index in [1.807, 2.05) is 0 Å². The highest BCUT2D eigenvalue weighted by atomic mass is 35.5. The van der Waals surface area contributed by atoms with Crippen molar-refractivity contribution in [2.24, 2.45) is 0 Å². The lowest BCUT2D eigenvalue weighted by Crippen LogP contribution is -2.00. The number of carboxylic acids is 1. The summed E-state index contributed by atoms with van der Waals surface area (Å²) in [5, 5.41) is 8.53. The van der Waals surface area contributed by atoms with Gasteiger partial charge in [0.1, 0.15) is 4.84 Å². The summed E-state index contributed by atoms with van der Waals surface area (Å²) in [5.74, 6) is -0.863. The summed E-state index contributed by atoms with van der Waals surface area (Å²) in [6.07, 6.45) is -0.00562. The Morgan fingerprint density at radius 2 is 2.15 bits per heavy atom. The molecule has 0 amide bonds. The number of hydrogen-bond donors (Lipinski definition) is 1. The number of hydrogen-bond acceptors (Lipinski definition) is 1. The van der Waals surface area contributed by atoms with Crippen LogP contribution in [0.1, 0.15) is 16.0 Å². The van der Waals surface area contributed by atoms with Crippen LogP contribution in [0.15, 0.2) is 24.3 Å². The zero-order chi connectivity index (χ0) is 9.84. The predicted octanol–water partition coefficient (Wildman–Crippen LogP) is 2.79. The van der Waals surface area contributed by atoms with E-state index < -0.39 is 10.8 Å². The lowest BCUT2D eigenvalue weighted by molar-refractivity contribution is -0.136. The lowest BCUT2D eigenvalue weighted by Gasteiger charge is -2.03. The number of benzene rings is 1. The van der Waals surface area contributed by atoms with E-state index in [9.17, 15) is 4.79 Å². The van der Waals surface area contributed by atoms with Gasteiger partial charge in [0.15, 0.2) is 0 Å². The highest BCUT2D eigenvalue weighted by Gasteiger charge is 2.05. The summed E-state index contributed by atoms with van der Waals surface area (Å²) in [6.45, 7) is 0. The summed E-state index contributed by atoms with van der Waals surface area (Å²) in [7, 11) is 0. The fraction of sp³-hybridized carbons (Fsp3) is 0.222. The van der Waals surface area contributed by atoms with Crippen LogP contribution in [0.3, 0.4) is 0 Å². The summed E-state index contributed by atoms with van der Waals surface area (Å²) < 4.78 is 0. The van der Waals surface area contributed by atoms with E-state index in [-0.39, 0.29) is 6.42 Å². The maximum Gasteiger partial charge on any atom is 0.307 e. The number of carbonyl (C=O) groups is 1. The Morgan fingerprint density at radius 3 is 2.69 bits per heavy atom. The third-order valence-electron chi connectivity index (χ3n) is 1.56. The molecule has 13 heavy (non-hydrogen) atoms. The smallest absolute Gasteiger partial charge is 0.307 e. The van der Waals surface area contributed by atoms with E-state index >= 15 is 0 Å². The van der Waals surface area contributed by atoms with E-state index in [4.69, 9.17) is 28.3 Å². The number of rotatable bonds is 3. The van der Waals surface area contributed by atoms with Gasteiger partial charge < -0.3 is 5.11 Å². The molecule has 0 atom stereocenters. The molecule has 0 heterocycles. The molecule has 0 radical (unpaired) electrons. The monoisotopic (exact) mass is 218 g/mol. The van der Waals surface area contributed by atoms with Gasteiger partial charge in [-0.25, -0.2) is 0 Å². The van der Waals surface area contributed by atoms with E-state index in [0.717, 1.165) is 5.56 Å². The molecule has 70 valence electrons. The zero-order valence-corrected chi connectivity index (χ0v) is 8.22. The molecule has 0 bridgehead atoms. The van der Waals surface area contributed by atoms with Crippen molar-refractivity contribution in [1.82, 2.24) is 0 Å². The minimum atomic E-state index is -0.863. The third-order valence-corrected chi connectivity index (χ3v) is 2.06. The Balaban J connectivity index is 2.85. The summed E-state index contributed by atoms with van der Waals surface area (Å²) in [4.78, 5) is 9.78. The van der Waals surface area contributed by atoms with Gasteiger partial charge >= 0.3 is 5.97 Å². The molecule has 0 aliphatic heterocycles. The molecule has 2 nitrogen and oxygen atoms in total. The molecule has 0 aromatic heterocycles. The van der Waals surface area contributed by atoms with Crippen molar-refractivity contribution in [2.75, 3.05) is 0 Å². The van der Waals surface area contributed by atoms with Gasteiger partial charge in [-0.15, -0.1) is 23.2 Å². The van der Waals surface area contributed by atoms with E-state index in [2.05, 4.69) is 0 Å². The summed E-state index contributed by atoms with van der Waals surface area (Å²) in [6, 6.07) is 6.92. The molecule has 0 spiro atoms. The Labute approximate surface area is 86.1 Å². The van der Waals surface area contributed by atoms with Gasteiger partial charge in [-0.05, 0) is 11.1 Å². The van der Waals surface area contributed by atoms with E-state index in [1.165, 1.54) is 0 Å². The SMILES string of the molecule is O=C(O)Cc1cccc(C(Cl)Cl)c1. The molecule has 0 aliphatic rings. The largest absolute Gasteiger partial charge is 0.481 e. The van der Waals surface area contributed by atoms with Crippen LogP contribution in [0.4, 0.5) is 0 Å². The number of carboxylic acid groups (broad SMARTS) is 1. The average Bonchev–Trinajstić information content (AvgIpc) is 2.03. The molecule has 0 aliphatic carbocycles. The lowest BCUT2D eigenvalue weighted by atomic mass is 10.1. The Bertz CT molecular complexity index is 310. The topological polar surface area (TPSA) is 37.3 Å². The van der Waals surface area contributed by atoms with Crippen molar-refractivity contribution >= 4 is 29.2 Å². The van der Waals surface area contributed by atoms with Crippen LogP contribution >= 0.6 is 23.2 Å². The quantitative estimate of drug-likeness (QED) is 0.793. The van der Waals surface area contributed by atoms with Crippen LogP contribution in [0.2, 0.25) is 0 Å². The van der Waals surface area contributed by atoms with Gasteiger partial charge in [-0.2, -0.15) is 0 Å². The van der Waals surface area contributed by atoms with Crippen molar-refractivity contribution in [2.45, 2.75) is 11.3 Å². The molecule has 0 unspecified atom stereocenters. The summed E-state index contributed by atoms with van der Waals surface area (Å²) in [5.41, 5.74) is 1.43. The van der Waals surface area contributed by atoms with Crippen LogP contribution in [-0.4, -0.2) is 11.1 Å². The predicted molar refractivity (Wildman–Crippen MR) is 52.2 cm³/mol. The molecule has 1 rings (SSSR count). The zero-order valence-electron chi connectivity index (χ0n) is 6.71.